The van der Waals surface area contributed by atoms with Gasteiger partial charge in [0.2, 0.25) is 5.13 Å². The Morgan fingerprint density at radius 1 is 1.53 bits per heavy atom. The number of nitrogens with zero attached hydrogens (tertiary/aromatic N) is 2. The standard InChI is InChI=1S/C11H13N3O2S/c1-7(2)6-9-13-14-11(17-9)12-10(15)8-4-3-5-16-8/h3-5,7H,6H2,1-2H3,(H,12,14,15). The smallest absolute Gasteiger partial charge is 0.293 e. The molecule has 0 unspecified atom stereocenters. The summed E-state index contributed by atoms with van der Waals surface area (Å²) in [5.41, 5.74) is 0. The fourth-order valence-corrected chi connectivity index (χ4v) is 2.25. The maximum Gasteiger partial charge on any atom is 0.293 e. The molecular formula is C11H13N3O2S. The fraction of sp³-hybridized carbons (Fsp3) is 0.364. The van der Waals surface area contributed by atoms with Crippen molar-refractivity contribution in [2.75, 3.05) is 5.32 Å². The number of hydrogen-bond donors (Lipinski definition) is 1. The summed E-state index contributed by atoms with van der Waals surface area (Å²) in [6.07, 6.45) is 2.33. The van der Waals surface area contributed by atoms with Gasteiger partial charge in [-0.1, -0.05) is 25.2 Å². The third-order valence-corrected chi connectivity index (χ3v) is 2.88. The predicted molar refractivity (Wildman–Crippen MR) is 65.1 cm³/mol. The second-order valence-electron chi connectivity index (χ2n) is 4.03. The Kier molecular flexibility index (Phi) is 3.53. The lowest BCUT2D eigenvalue weighted by Crippen LogP contribution is -2.10. The number of anilines is 1. The maximum atomic E-state index is 11.6. The first-order chi connectivity index (χ1) is 8.15. The van der Waals surface area contributed by atoms with E-state index >= 15 is 0 Å². The molecule has 17 heavy (non-hydrogen) atoms. The van der Waals surface area contributed by atoms with Gasteiger partial charge in [0.05, 0.1) is 6.26 Å². The van der Waals surface area contributed by atoms with Crippen molar-refractivity contribution in [3.05, 3.63) is 29.2 Å². The van der Waals surface area contributed by atoms with Crippen LogP contribution in [0.25, 0.3) is 0 Å². The molecule has 0 aliphatic rings. The van der Waals surface area contributed by atoms with Crippen LogP contribution >= 0.6 is 11.3 Å². The number of aromatic nitrogens is 2. The van der Waals surface area contributed by atoms with E-state index in [-0.39, 0.29) is 11.7 Å². The van der Waals surface area contributed by atoms with Crippen molar-refractivity contribution in [1.29, 1.82) is 0 Å². The molecule has 0 saturated carbocycles. The molecule has 0 bridgehead atoms. The molecule has 2 heterocycles. The Balaban J connectivity index is 1.99. The number of amides is 1. The quantitative estimate of drug-likeness (QED) is 0.906. The lowest BCUT2D eigenvalue weighted by atomic mass is 10.1. The first-order valence-electron chi connectivity index (χ1n) is 5.32. The average Bonchev–Trinajstić information content (AvgIpc) is 2.87. The number of rotatable bonds is 4. The largest absolute Gasteiger partial charge is 0.459 e. The molecule has 2 aromatic heterocycles. The van der Waals surface area contributed by atoms with Crippen molar-refractivity contribution in [3.8, 4) is 0 Å². The van der Waals surface area contributed by atoms with Crippen molar-refractivity contribution >= 4 is 22.4 Å². The lowest BCUT2D eigenvalue weighted by Gasteiger charge is -1.97. The van der Waals surface area contributed by atoms with Crippen LogP contribution in [-0.2, 0) is 6.42 Å². The topological polar surface area (TPSA) is 68.0 Å². The molecule has 0 fully saturated rings. The summed E-state index contributed by atoms with van der Waals surface area (Å²) in [6.45, 7) is 4.23. The van der Waals surface area contributed by atoms with Crippen molar-refractivity contribution in [2.24, 2.45) is 5.92 Å². The molecule has 0 radical (unpaired) electrons. The van der Waals surface area contributed by atoms with Gasteiger partial charge >= 0.3 is 0 Å². The minimum Gasteiger partial charge on any atom is -0.459 e. The zero-order valence-corrected chi connectivity index (χ0v) is 10.5. The summed E-state index contributed by atoms with van der Waals surface area (Å²) in [6, 6.07) is 3.27. The second-order valence-corrected chi connectivity index (χ2v) is 5.09. The van der Waals surface area contributed by atoms with Crippen LogP contribution in [0.3, 0.4) is 0 Å². The summed E-state index contributed by atoms with van der Waals surface area (Å²) in [5, 5.41) is 12.0. The highest BCUT2D eigenvalue weighted by molar-refractivity contribution is 7.15. The molecule has 0 aliphatic carbocycles. The summed E-state index contributed by atoms with van der Waals surface area (Å²) >= 11 is 1.39. The first kappa shape index (κ1) is 11.8. The van der Waals surface area contributed by atoms with Crippen LogP contribution in [0.2, 0.25) is 0 Å². The maximum absolute atomic E-state index is 11.6. The Labute approximate surface area is 103 Å². The Morgan fingerprint density at radius 3 is 3.00 bits per heavy atom. The van der Waals surface area contributed by atoms with E-state index in [1.54, 1.807) is 12.1 Å². The summed E-state index contributed by atoms with van der Waals surface area (Å²) in [4.78, 5) is 11.6. The van der Waals surface area contributed by atoms with Crippen molar-refractivity contribution < 1.29 is 9.21 Å². The molecule has 0 aliphatic heterocycles. The van der Waals surface area contributed by atoms with Gasteiger partial charge in [-0.3, -0.25) is 10.1 Å². The van der Waals surface area contributed by atoms with E-state index < -0.39 is 0 Å². The van der Waals surface area contributed by atoms with Crippen LogP contribution in [0.1, 0.15) is 29.4 Å². The van der Waals surface area contributed by atoms with Gasteiger partial charge in [-0.25, -0.2) is 0 Å². The van der Waals surface area contributed by atoms with Crippen molar-refractivity contribution in [3.63, 3.8) is 0 Å². The van der Waals surface area contributed by atoms with Crippen molar-refractivity contribution in [2.45, 2.75) is 20.3 Å². The van der Waals surface area contributed by atoms with Gasteiger partial charge in [-0.05, 0) is 18.1 Å². The normalized spacial score (nSPS) is 10.8. The predicted octanol–water partition coefficient (Wildman–Crippen LogP) is 2.58. The van der Waals surface area contributed by atoms with E-state index in [9.17, 15) is 4.79 Å². The van der Waals surface area contributed by atoms with Crippen LogP contribution in [-0.4, -0.2) is 16.1 Å². The highest BCUT2D eigenvalue weighted by Crippen LogP contribution is 2.18. The minimum atomic E-state index is -0.303. The molecular weight excluding hydrogens is 238 g/mol. The molecule has 0 spiro atoms. The molecule has 5 nitrogen and oxygen atoms in total. The lowest BCUT2D eigenvalue weighted by molar-refractivity contribution is 0.0996. The van der Waals surface area contributed by atoms with E-state index in [2.05, 4.69) is 29.4 Å². The number of carbonyl (C=O) groups is 1. The van der Waals surface area contributed by atoms with Gasteiger partial charge in [0, 0.05) is 6.42 Å². The fourth-order valence-electron chi connectivity index (χ4n) is 1.30. The molecule has 1 amide bonds. The highest BCUT2D eigenvalue weighted by atomic mass is 32.1. The van der Waals surface area contributed by atoms with E-state index in [1.165, 1.54) is 17.6 Å². The van der Waals surface area contributed by atoms with E-state index in [1.807, 2.05) is 0 Å². The van der Waals surface area contributed by atoms with Crippen LogP contribution in [0, 0.1) is 5.92 Å². The zero-order chi connectivity index (χ0) is 12.3. The Hall–Kier alpha value is -1.69. The molecule has 2 rings (SSSR count). The summed E-state index contributed by atoms with van der Waals surface area (Å²) in [7, 11) is 0. The van der Waals surface area contributed by atoms with Gasteiger partial charge in [-0.15, -0.1) is 10.2 Å². The van der Waals surface area contributed by atoms with Gasteiger partial charge in [0.1, 0.15) is 5.01 Å². The molecule has 2 aromatic rings. The number of carbonyl (C=O) groups excluding carboxylic acids is 1. The number of nitrogens with one attached hydrogen (secondary N) is 1. The van der Waals surface area contributed by atoms with Gasteiger partial charge in [-0.2, -0.15) is 0 Å². The molecule has 1 N–H and O–H groups in total. The van der Waals surface area contributed by atoms with Gasteiger partial charge < -0.3 is 4.42 Å². The third-order valence-electron chi connectivity index (χ3n) is 2.02. The molecule has 0 atom stereocenters. The minimum absolute atomic E-state index is 0.269. The molecule has 6 heteroatoms. The average molecular weight is 251 g/mol. The van der Waals surface area contributed by atoms with Crippen LogP contribution < -0.4 is 5.32 Å². The highest BCUT2D eigenvalue weighted by Gasteiger charge is 2.12. The third kappa shape index (κ3) is 3.13. The Bertz CT molecular complexity index is 491. The second kappa shape index (κ2) is 5.09. The number of hydrogen-bond acceptors (Lipinski definition) is 5. The van der Waals surface area contributed by atoms with Crippen LogP contribution in [0.5, 0.6) is 0 Å². The molecule has 0 aromatic carbocycles. The number of furan rings is 1. The summed E-state index contributed by atoms with van der Waals surface area (Å²) in [5.74, 6) is 0.490. The first-order valence-corrected chi connectivity index (χ1v) is 6.14. The summed E-state index contributed by atoms with van der Waals surface area (Å²) < 4.78 is 4.98. The van der Waals surface area contributed by atoms with Crippen molar-refractivity contribution in [1.82, 2.24) is 10.2 Å². The van der Waals surface area contributed by atoms with E-state index in [0.717, 1.165) is 11.4 Å². The monoisotopic (exact) mass is 251 g/mol. The van der Waals surface area contributed by atoms with E-state index in [0.29, 0.717) is 11.0 Å². The van der Waals surface area contributed by atoms with E-state index in [4.69, 9.17) is 4.42 Å². The van der Waals surface area contributed by atoms with Crippen LogP contribution in [0.4, 0.5) is 5.13 Å². The molecule has 90 valence electrons. The SMILES string of the molecule is CC(C)Cc1nnc(NC(=O)c2ccco2)s1. The zero-order valence-electron chi connectivity index (χ0n) is 9.64. The molecule has 0 saturated heterocycles. The van der Waals surface area contributed by atoms with Gasteiger partial charge in [0.15, 0.2) is 5.76 Å². The van der Waals surface area contributed by atoms with Crippen LogP contribution in [0.15, 0.2) is 22.8 Å². The van der Waals surface area contributed by atoms with Gasteiger partial charge in [0.25, 0.3) is 5.91 Å². The Morgan fingerprint density at radius 2 is 2.35 bits per heavy atom.